The molecule has 1 heterocycles. The third-order valence-electron chi connectivity index (χ3n) is 3.81. The molecule has 0 spiro atoms. The topological polar surface area (TPSA) is 29.9 Å². The summed E-state index contributed by atoms with van der Waals surface area (Å²) >= 11 is 9.53. The van der Waals surface area contributed by atoms with E-state index in [4.69, 9.17) is 11.6 Å². The summed E-state index contributed by atoms with van der Waals surface area (Å²) in [6.45, 7) is 0. The Balaban J connectivity index is 1.80. The molecule has 1 aromatic carbocycles. The van der Waals surface area contributed by atoms with Crippen LogP contribution in [0.4, 0.5) is 11.6 Å². The Kier molecular flexibility index (Phi) is 4.32. The Morgan fingerprint density at radius 3 is 2.80 bits per heavy atom. The van der Waals surface area contributed by atoms with E-state index >= 15 is 0 Å². The SMILES string of the molecule is Clc1cc(Nc2nccn2C2CCCCC2)ccc1Br. The van der Waals surface area contributed by atoms with Crippen LogP contribution in [0, 0.1) is 0 Å². The number of anilines is 2. The van der Waals surface area contributed by atoms with E-state index < -0.39 is 0 Å². The second kappa shape index (κ2) is 6.19. The third-order valence-corrected chi connectivity index (χ3v) is 5.04. The van der Waals surface area contributed by atoms with Gasteiger partial charge in [0.25, 0.3) is 0 Å². The van der Waals surface area contributed by atoms with Crippen LogP contribution in [0.15, 0.2) is 35.1 Å². The molecule has 0 unspecified atom stereocenters. The summed E-state index contributed by atoms with van der Waals surface area (Å²) < 4.78 is 3.16. The number of rotatable bonds is 3. The number of nitrogens with zero attached hydrogens (tertiary/aromatic N) is 2. The lowest BCUT2D eigenvalue weighted by atomic mass is 9.95. The Labute approximate surface area is 132 Å². The monoisotopic (exact) mass is 353 g/mol. The average molecular weight is 355 g/mol. The van der Waals surface area contributed by atoms with Gasteiger partial charge in [-0.25, -0.2) is 4.98 Å². The van der Waals surface area contributed by atoms with Gasteiger partial charge in [-0.3, -0.25) is 0 Å². The van der Waals surface area contributed by atoms with E-state index in [-0.39, 0.29) is 0 Å². The lowest BCUT2D eigenvalue weighted by Gasteiger charge is -2.24. The van der Waals surface area contributed by atoms with Crippen molar-refractivity contribution in [3.05, 3.63) is 40.1 Å². The van der Waals surface area contributed by atoms with Crippen LogP contribution in [0.5, 0.6) is 0 Å². The molecule has 0 amide bonds. The van der Waals surface area contributed by atoms with Gasteiger partial charge in [0.2, 0.25) is 5.95 Å². The maximum absolute atomic E-state index is 6.13. The summed E-state index contributed by atoms with van der Waals surface area (Å²) in [7, 11) is 0. The molecule has 0 radical (unpaired) electrons. The first-order valence-electron chi connectivity index (χ1n) is 6.99. The highest BCUT2D eigenvalue weighted by Gasteiger charge is 2.17. The van der Waals surface area contributed by atoms with Gasteiger partial charge in [-0.1, -0.05) is 30.9 Å². The van der Waals surface area contributed by atoms with Gasteiger partial charge >= 0.3 is 0 Å². The summed E-state index contributed by atoms with van der Waals surface area (Å²) in [6.07, 6.45) is 10.4. The van der Waals surface area contributed by atoms with Gasteiger partial charge in [0.1, 0.15) is 0 Å². The number of benzene rings is 1. The Morgan fingerprint density at radius 2 is 2.05 bits per heavy atom. The van der Waals surface area contributed by atoms with Crippen LogP contribution in [-0.4, -0.2) is 9.55 Å². The summed E-state index contributed by atoms with van der Waals surface area (Å²) in [4.78, 5) is 4.44. The van der Waals surface area contributed by atoms with Gasteiger partial charge in [-0.05, 0) is 47.0 Å². The highest BCUT2D eigenvalue weighted by Crippen LogP contribution is 2.32. The van der Waals surface area contributed by atoms with E-state index in [1.54, 1.807) is 0 Å². The Bertz CT molecular complexity index is 591. The van der Waals surface area contributed by atoms with Crippen LogP contribution in [-0.2, 0) is 0 Å². The molecule has 0 saturated heterocycles. The normalized spacial score (nSPS) is 16.3. The zero-order valence-corrected chi connectivity index (χ0v) is 13.5. The van der Waals surface area contributed by atoms with Crippen molar-refractivity contribution < 1.29 is 0 Å². The van der Waals surface area contributed by atoms with Crippen LogP contribution in [0.1, 0.15) is 38.1 Å². The van der Waals surface area contributed by atoms with Crippen molar-refractivity contribution in [2.45, 2.75) is 38.1 Å². The lowest BCUT2D eigenvalue weighted by Crippen LogP contribution is -2.14. The quantitative estimate of drug-likeness (QED) is 0.783. The fourth-order valence-electron chi connectivity index (χ4n) is 2.77. The van der Waals surface area contributed by atoms with Crippen LogP contribution in [0.2, 0.25) is 5.02 Å². The summed E-state index contributed by atoms with van der Waals surface area (Å²) in [5.74, 6) is 0.898. The maximum Gasteiger partial charge on any atom is 0.207 e. The van der Waals surface area contributed by atoms with E-state index in [0.717, 1.165) is 16.1 Å². The van der Waals surface area contributed by atoms with Gasteiger partial charge in [-0.15, -0.1) is 0 Å². The smallest absolute Gasteiger partial charge is 0.207 e. The standard InChI is InChI=1S/C15H17BrClN3/c16-13-7-6-11(10-14(13)17)19-15-18-8-9-20(15)12-4-2-1-3-5-12/h6-10,12H,1-5H2,(H,18,19). The molecule has 0 atom stereocenters. The number of hydrogen-bond donors (Lipinski definition) is 1. The number of imidazole rings is 1. The molecule has 3 nitrogen and oxygen atoms in total. The van der Waals surface area contributed by atoms with Gasteiger partial charge in [-0.2, -0.15) is 0 Å². The highest BCUT2D eigenvalue weighted by atomic mass is 79.9. The molecule has 2 aromatic rings. The Hall–Kier alpha value is -1.00. The molecule has 1 aliphatic rings. The van der Waals surface area contributed by atoms with E-state index in [9.17, 15) is 0 Å². The lowest BCUT2D eigenvalue weighted by molar-refractivity contribution is 0.356. The maximum atomic E-state index is 6.13. The summed E-state index contributed by atoms with van der Waals surface area (Å²) in [6, 6.07) is 6.42. The first kappa shape index (κ1) is 14.0. The van der Waals surface area contributed by atoms with Gasteiger partial charge < -0.3 is 9.88 Å². The molecule has 1 saturated carbocycles. The van der Waals surface area contributed by atoms with Gasteiger partial charge in [0.15, 0.2) is 0 Å². The van der Waals surface area contributed by atoms with Gasteiger partial charge in [0, 0.05) is 28.6 Å². The predicted octanol–water partition coefficient (Wildman–Crippen LogP) is 5.55. The highest BCUT2D eigenvalue weighted by molar-refractivity contribution is 9.10. The van der Waals surface area contributed by atoms with E-state index in [1.807, 2.05) is 24.4 Å². The molecule has 20 heavy (non-hydrogen) atoms. The molecule has 1 N–H and O–H groups in total. The van der Waals surface area contributed by atoms with Crippen LogP contribution >= 0.6 is 27.5 Å². The van der Waals surface area contributed by atoms with Crippen LogP contribution in [0.25, 0.3) is 0 Å². The Morgan fingerprint density at radius 1 is 1.25 bits per heavy atom. The fourth-order valence-corrected chi connectivity index (χ4v) is 3.19. The van der Waals surface area contributed by atoms with Crippen molar-refractivity contribution in [3.8, 4) is 0 Å². The predicted molar refractivity (Wildman–Crippen MR) is 86.8 cm³/mol. The second-order valence-electron chi connectivity index (χ2n) is 5.20. The average Bonchev–Trinajstić information content (AvgIpc) is 2.92. The molecular weight excluding hydrogens is 338 g/mol. The molecular formula is C15H17BrClN3. The molecule has 0 bridgehead atoms. The first-order valence-corrected chi connectivity index (χ1v) is 8.16. The van der Waals surface area contributed by atoms with Crippen molar-refractivity contribution in [2.75, 3.05) is 5.32 Å². The van der Waals surface area contributed by atoms with E-state index in [1.165, 1.54) is 32.1 Å². The number of aromatic nitrogens is 2. The van der Waals surface area contributed by atoms with E-state index in [0.29, 0.717) is 11.1 Å². The molecule has 1 aliphatic carbocycles. The first-order chi connectivity index (χ1) is 9.74. The minimum absolute atomic E-state index is 0.569. The minimum atomic E-state index is 0.569. The number of nitrogens with one attached hydrogen (secondary N) is 1. The molecule has 0 aliphatic heterocycles. The summed E-state index contributed by atoms with van der Waals surface area (Å²) in [5, 5.41) is 4.06. The largest absolute Gasteiger partial charge is 0.326 e. The van der Waals surface area contributed by atoms with Crippen molar-refractivity contribution in [1.29, 1.82) is 0 Å². The van der Waals surface area contributed by atoms with Crippen molar-refractivity contribution in [2.24, 2.45) is 0 Å². The molecule has 1 fully saturated rings. The minimum Gasteiger partial charge on any atom is -0.326 e. The van der Waals surface area contributed by atoms with Crippen molar-refractivity contribution in [1.82, 2.24) is 9.55 Å². The van der Waals surface area contributed by atoms with Crippen LogP contribution in [0.3, 0.4) is 0 Å². The zero-order chi connectivity index (χ0) is 13.9. The molecule has 5 heteroatoms. The fraction of sp³-hybridized carbons (Fsp3) is 0.400. The van der Waals surface area contributed by atoms with Crippen molar-refractivity contribution >= 4 is 39.2 Å². The third kappa shape index (κ3) is 3.01. The van der Waals surface area contributed by atoms with Crippen molar-refractivity contribution in [3.63, 3.8) is 0 Å². The molecule has 106 valence electrons. The summed E-state index contributed by atoms with van der Waals surface area (Å²) in [5.41, 5.74) is 0.960. The molecule has 3 rings (SSSR count). The zero-order valence-electron chi connectivity index (χ0n) is 11.1. The van der Waals surface area contributed by atoms with E-state index in [2.05, 4.69) is 37.0 Å². The molecule has 1 aromatic heterocycles. The number of hydrogen-bond acceptors (Lipinski definition) is 2. The van der Waals surface area contributed by atoms with Crippen LogP contribution < -0.4 is 5.32 Å². The number of halogens is 2. The van der Waals surface area contributed by atoms with Gasteiger partial charge in [0.05, 0.1) is 5.02 Å². The second-order valence-corrected chi connectivity index (χ2v) is 6.47.